The van der Waals surface area contributed by atoms with E-state index < -0.39 is 11.7 Å². The van der Waals surface area contributed by atoms with Crippen molar-refractivity contribution < 1.29 is 4.39 Å². The fourth-order valence-electron chi connectivity index (χ4n) is 1.52. The number of rotatable bonds is 3. The van der Waals surface area contributed by atoms with Gasteiger partial charge in [0.05, 0.1) is 0 Å². The molecule has 2 N–H and O–H groups in total. The van der Waals surface area contributed by atoms with Gasteiger partial charge >= 0.3 is 0 Å². The van der Waals surface area contributed by atoms with Crippen molar-refractivity contribution >= 4 is 11.6 Å². The van der Waals surface area contributed by atoms with E-state index in [0.717, 1.165) is 18.4 Å². The Labute approximate surface area is 88.1 Å². The van der Waals surface area contributed by atoms with Crippen LogP contribution in [0.3, 0.4) is 0 Å². The van der Waals surface area contributed by atoms with Gasteiger partial charge in [-0.05, 0) is 24.5 Å². The van der Waals surface area contributed by atoms with Gasteiger partial charge < -0.3 is 5.73 Å². The van der Waals surface area contributed by atoms with Gasteiger partial charge in [0.1, 0.15) is 6.17 Å². The van der Waals surface area contributed by atoms with Crippen LogP contribution in [0.1, 0.15) is 18.4 Å². The van der Waals surface area contributed by atoms with E-state index in [1.54, 1.807) is 6.07 Å². The first-order valence-electron chi connectivity index (χ1n) is 4.78. The van der Waals surface area contributed by atoms with Crippen LogP contribution >= 0.6 is 11.6 Å². The Morgan fingerprint density at radius 2 is 2.07 bits per heavy atom. The molecule has 1 nitrogen and oxygen atoms in total. The van der Waals surface area contributed by atoms with Crippen molar-refractivity contribution in [2.75, 3.05) is 0 Å². The highest BCUT2D eigenvalue weighted by Crippen LogP contribution is 2.39. The summed E-state index contributed by atoms with van der Waals surface area (Å²) in [6.45, 7) is 0. The fraction of sp³-hybridized carbons (Fsp3) is 0.455. The highest BCUT2D eigenvalue weighted by Gasteiger charge is 2.46. The van der Waals surface area contributed by atoms with E-state index in [1.807, 2.05) is 18.2 Å². The van der Waals surface area contributed by atoms with Crippen molar-refractivity contribution in [2.45, 2.75) is 31.0 Å². The van der Waals surface area contributed by atoms with Gasteiger partial charge in [0.25, 0.3) is 0 Å². The van der Waals surface area contributed by atoms with Gasteiger partial charge in [0.2, 0.25) is 0 Å². The van der Waals surface area contributed by atoms with Gasteiger partial charge in [-0.3, -0.25) is 0 Å². The smallest absolute Gasteiger partial charge is 0.122 e. The molecule has 0 heterocycles. The Bertz CT molecular complexity index is 336. The molecular weight excluding hydrogens is 201 g/mol. The Morgan fingerprint density at radius 1 is 1.43 bits per heavy atom. The van der Waals surface area contributed by atoms with Gasteiger partial charge in [-0.15, -0.1) is 0 Å². The molecule has 1 atom stereocenters. The number of halogens is 2. The third kappa shape index (κ3) is 1.91. The number of nitrogens with two attached hydrogens (primary N) is 1. The highest BCUT2D eigenvalue weighted by atomic mass is 35.5. The number of benzene rings is 1. The summed E-state index contributed by atoms with van der Waals surface area (Å²) < 4.78 is 13.7. The lowest BCUT2D eigenvalue weighted by Gasteiger charge is -2.15. The summed E-state index contributed by atoms with van der Waals surface area (Å²) in [6, 6.07) is 7.33. The maximum atomic E-state index is 13.7. The second kappa shape index (κ2) is 3.52. The Hall–Kier alpha value is -0.600. The predicted molar refractivity (Wildman–Crippen MR) is 56.2 cm³/mol. The van der Waals surface area contributed by atoms with E-state index >= 15 is 0 Å². The average Bonchev–Trinajstić information content (AvgIpc) is 2.89. The first kappa shape index (κ1) is 9.94. The summed E-state index contributed by atoms with van der Waals surface area (Å²) in [5.41, 5.74) is 6.05. The van der Waals surface area contributed by atoms with E-state index in [1.165, 1.54) is 0 Å². The van der Waals surface area contributed by atoms with Crippen LogP contribution in [0.2, 0.25) is 5.02 Å². The second-order valence-corrected chi connectivity index (χ2v) is 4.40. The minimum atomic E-state index is -0.970. The normalized spacial score (nSPS) is 20.5. The lowest BCUT2D eigenvalue weighted by molar-refractivity contribution is 0.266. The molecule has 3 heteroatoms. The van der Waals surface area contributed by atoms with Crippen molar-refractivity contribution in [2.24, 2.45) is 5.73 Å². The summed E-state index contributed by atoms with van der Waals surface area (Å²) in [6.07, 6.45) is 0.940. The second-order valence-electron chi connectivity index (χ2n) is 4.00. The number of alkyl halides is 1. The minimum Gasteiger partial charge on any atom is -0.323 e. The molecule has 0 saturated heterocycles. The topological polar surface area (TPSA) is 26.0 Å². The molecule has 0 aromatic heterocycles. The summed E-state index contributed by atoms with van der Waals surface area (Å²) in [5.74, 6) is 0. The average molecular weight is 214 g/mol. The molecule has 14 heavy (non-hydrogen) atoms. The summed E-state index contributed by atoms with van der Waals surface area (Å²) in [7, 11) is 0. The van der Waals surface area contributed by atoms with Gasteiger partial charge in [0.15, 0.2) is 0 Å². The third-order valence-electron chi connectivity index (χ3n) is 2.81. The molecule has 1 saturated carbocycles. The lowest BCUT2D eigenvalue weighted by Crippen LogP contribution is -2.35. The highest BCUT2D eigenvalue weighted by molar-refractivity contribution is 6.31. The van der Waals surface area contributed by atoms with Crippen LogP contribution in [0.4, 0.5) is 4.39 Å². The molecule has 1 aromatic rings. The first-order valence-corrected chi connectivity index (χ1v) is 5.16. The van der Waals surface area contributed by atoms with E-state index in [4.69, 9.17) is 17.3 Å². The molecule has 2 rings (SSSR count). The molecule has 1 aliphatic carbocycles. The predicted octanol–water partition coefficient (Wildman–Crippen LogP) is 2.71. The largest absolute Gasteiger partial charge is 0.323 e. The van der Waals surface area contributed by atoms with Gasteiger partial charge in [-0.25, -0.2) is 4.39 Å². The summed E-state index contributed by atoms with van der Waals surface area (Å²) in [4.78, 5) is 0. The molecule has 0 spiro atoms. The zero-order valence-electron chi connectivity index (χ0n) is 7.84. The molecule has 0 bridgehead atoms. The van der Waals surface area contributed by atoms with Gasteiger partial charge in [-0.1, -0.05) is 29.8 Å². The Kier molecular flexibility index (Phi) is 2.50. The number of hydrogen-bond acceptors (Lipinski definition) is 1. The summed E-state index contributed by atoms with van der Waals surface area (Å²) in [5, 5.41) is 0.624. The van der Waals surface area contributed by atoms with Crippen LogP contribution in [0.15, 0.2) is 24.3 Å². The maximum Gasteiger partial charge on any atom is 0.122 e. The van der Waals surface area contributed by atoms with Crippen LogP contribution in [-0.2, 0) is 6.42 Å². The molecular formula is C11H13ClFN. The maximum absolute atomic E-state index is 13.7. The van der Waals surface area contributed by atoms with E-state index in [-0.39, 0.29) is 0 Å². The zero-order chi connectivity index (χ0) is 10.2. The minimum absolute atomic E-state index is 0.330. The van der Waals surface area contributed by atoms with Crippen LogP contribution in [0, 0.1) is 0 Å². The van der Waals surface area contributed by atoms with Crippen molar-refractivity contribution in [1.82, 2.24) is 0 Å². The monoisotopic (exact) mass is 213 g/mol. The molecule has 1 unspecified atom stereocenters. The molecule has 0 amide bonds. The van der Waals surface area contributed by atoms with Gasteiger partial charge in [0, 0.05) is 17.0 Å². The van der Waals surface area contributed by atoms with Crippen molar-refractivity contribution in [1.29, 1.82) is 0 Å². The zero-order valence-corrected chi connectivity index (χ0v) is 8.60. The van der Waals surface area contributed by atoms with E-state index in [9.17, 15) is 4.39 Å². The van der Waals surface area contributed by atoms with Crippen LogP contribution < -0.4 is 5.73 Å². The van der Waals surface area contributed by atoms with Crippen LogP contribution in [0.25, 0.3) is 0 Å². The molecule has 1 fully saturated rings. The Morgan fingerprint density at radius 3 is 2.64 bits per heavy atom. The van der Waals surface area contributed by atoms with Gasteiger partial charge in [-0.2, -0.15) is 0 Å². The van der Waals surface area contributed by atoms with Crippen LogP contribution in [0.5, 0.6) is 0 Å². The molecule has 1 aromatic carbocycles. The lowest BCUT2D eigenvalue weighted by atomic mass is 10.0. The Balaban J connectivity index is 2.07. The first-order chi connectivity index (χ1) is 6.62. The van der Waals surface area contributed by atoms with Crippen molar-refractivity contribution in [3.05, 3.63) is 34.9 Å². The molecule has 0 radical (unpaired) electrons. The standard InChI is InChI=1S/C11H13ClFN/c12-9-4-2-1-3-8(9)7-10(13)11(14)5-6-11/h1-4,10H,5-7,14H2. The van der Waals surface area contributed by atoms with Crippen molar-refractivity contribution in [3.63, 3.8) is 0 Å². The molecule has 76 valence electrons. The van der Waals surface area contributed by atoms with E-state index in [2.05, 4.69) is 0 Å². The number of hydrogen-bond donors (Lipinski definition) is 1. The summed E-state index contributed by atoms with van der Waals surface area (Å²) >= 11 is 5.93. The molecule has 1 aliphatic rings. The SMILES string of the molecule is NC1(C(F)Cc2ccccc2Cl)CC1. The fourth-order valence-corrected chi connectivity index (χ4v) is 1.73. The third-order valence-corrected chi connectivity index (χ3v) is 3.18. The van der Waals surface area contributed by atoms with Crippen molar-refractivity contribution in [3.8, 4) is 0 Å². The quantitative estimate of drug-likeness (QED) is 0.821. The molecule has 0 aliphatic heterocycles. The van der Waals surface area contributed by atoms with Crippen LogP contribution in [-0.4, -0.2) is 11.7 Å². The van der Waals surface area contributed by atoms with E-state index in [0.29, 0.717) is 11.4 Å².